The van der Waals surface area contributed by atoms with Crippen LogP contribution in [0.5, 0.6) is 5.75 Å². The van der Waals surface area contributed by atoms with Crippen LogP contribution in [0.1, 0.15) is 160 Å². The van der Waals surface area contributed by atoms with Crippen molar-refractivity contribution in [3.63, 3.8) is 0 Å². The van der Waals surface area contributed by atoms with Gasteiger partial charge in [-0.25, -0.2) is 19.2 Å². The lowest BCUT2D eigenvalue weighted by atomic mass is 9.84. The Hall–Kier alpha value is -3.62. The van der Waals surface area contributed by atoms with Crippen molar-refractivity contribution in [3.05, 3.63) is 30.3 Å². The second kappa shape index (κ2) is 27.4. The minimum absolute atomic E-state index is 0.0844. The van der Waals surface area contributed by atoms with Gasteiger partial charge in [0.05, 0.1) is 6.10 Å². The second-order valence-electron chi connectivity index (χ2n) is 21.5. The number of cyclic esters (lactones) is 2. The Morgan fingerprint density at radius 2 is 1.11 bits per heavy atom. The van der Waals surface area contributed by atoms with Gasteiger partial charge in [0.25, 0.3) is 0 Å². The van der Waals surface area contributed by atoms with Crippen LogP contribution >= 0.6 is 0 Å². The Morgan fingerprint density at radius 1 is 0.652 bits per heavy atom. The van der Waals surface area contributed by atoms with Gasteiger partial charge in [-0.05, 0) is 142 Å². The average Bonchev–Trinajstić information content (AvgIpc) is 3.31. The summed E-state index contributed by atoms with van der Waals surface area (Å²) < 4.78 is 47.8. The molecular formula is C52H88N2O12. The SMILES string of the molecule is COCN(C(=O)OC(C)(C)C)C1CCCC(CCC(C)C)C(OCC(C)CCC(C)CCC2CCCC(N(COC)C(=O)OC(C)(C)C)C(=O)OC(C)C2Oc2ccccc2)C(C)OC1=O. The third kappa shape index (κ3) is 19.5. The van der Waals surface area contributed by atoms with Crippen LogP contribution in [0.25, 0.3) is 0 Å². The highest BCUT2D eigenvalue weighted by Gasteiger charge is 2.41. The summed E-state index contributed by atoms with van der Waals surface area (Å²) >= 11 is 0. The van der Waals surface area contributed by atoms with Gasteiger partial charge in [0, 0.05) is 20.8 Å². The monoisotopic (exact) mass is 933 g/mol. The van der Waals surface area contributed by atoms with Gasteiger partial charge in [-0.2, -0.15) is 0 Å². The molecule has 0 saturated carbocycles. The third-order valence-electron chi connectivity index (χ3n) is 12.5. The Kier molecular flexibility index (Phi) is 23.5. The lowest BCUT2D eigenvalue weighted by molar-refractivity contribution is -0.167. The van der Waals surface area contributed by atoms with Crippen LogP contribution in [0.15, 0.2) is 30.3 Å². The van der Waals surface area contributed by atoms with Crippen LogP contribution < -0.4 is 4.74 Å². The van der Waals surface area contributed by atoms with Gasteiger partial charge in [-0.15, -0.1) is 0 Å². The highest BCUT2D eigenvalue weighted by molar-refractivity contribution is 5.82. The standard InChI is InChI=1S/C52H88N2O12/c1-35(2)26-30-40-20-18-24-43(53(33-59-13)49(57)65-51(7,8)9)47(55)62-38(5)45(40)61-32-37(4)28-27-36(3)29-31-41-21-19-25-44(54(34-60-14)50(58)66-52(10,11)12)48(56)63-39(6)46(41)64-42-22-16-15-17-23-42/h15-17,22-23,35-41,43-46H,18-21,24-34H2,1-14H3. The molecule has 2 aliphatic rings. The van der Waals surface area contributed by atoms with Crippen molar-refractivity contribution < 1.29 is 57.1 Å². The van der Waals surface area contributed by atoms with E-state index in [1.54, 1.807) is 41.5 Å². The Labute approximate surface area is 397 Å². The van der Waals surface area contributed by atoms with E-state index in [2.05, 4.69) is 27.7 Å². The van der Waals surface area contributed by atoms with Crippen molar-refractivity contribution in [1.82, 2.24) is 9.80 Å². The number of carbonyl (C=O) groups is 4. The first kappa shape index (κ1) is 56.7. The molecular weight excluding hydrogens is 845 g/mol. The zero-order valence-corrected chi connectivity index (χ0v) is 43.1. The molecule has 0 bridgehead atoms. The molecule has 10 unspecified atom stereocenters. The van der Waals surface area contributed by atoms with E-state index in [1.807, 2.05) is 44.2 Å². The van der Waals surface area contributed by atoms with Gasteiger partial charge in [-0.1, -0.05) is 78.0 Å². The number of rotatable bonds is 20. The molecule has 0 aromatic heterocycles. The van der Waals surface area contributed by atoms with Crippen molar-refractivity contribution in [2.45, 2.75) is 208 Å². The summed E-state index contributed by atoms with van der Waals surface area (Å²) in [7, 11) is 2.98. The Morgan fingerprint density at radius 3 is 1.58 bits per heavy atom. The van der Waals surface area contributed by atoms with Crippen molar-refractivity contribution in [1.29, 1.82) is 0 Å². The van der Waals surface area contributed by atoms with E-state index in [1.165, 1.54) is 24.0 Å². The molecule has 10 atom stereocenters. The number of esters is 2. The van der Waals surface area contributed by atoms with E-state index in [9.17, 15) is 19.2 Å². The van der Waals surface area contributed by atoms with E-state index in [-0.39, 0.29) is 37.3 Å². The molecule has 378 valence electrons. The number of hydrogen-bond donors (Lipinski definition) is 0. The van der Waals surface area contributed by atoms with Crippen molar-refractivity contribution >= 4 is 24.1 Å². The van der Waals surface area contributed by atoms with Crippen LogP contribution in [0, 0.1) is 29.6 Å². The molecule has 2 fully saturated rings. The van der Waals surface area contributed by atoms with Crippen molar-refractivity contribution in [3.8, 4) is 5.75 Å². The zero-order chi connectivity index (χ0) is 49.2. The van der Waals surface area contributed by atoms with Gasteiger partial charge >= 0.3 is 24.1 Å². The smallest absolute Gasteiger partial charge is 0.412 e. The lowest BCUT2D eigenvalue weighted by Gasteiger charge is -2.34. The van der Waals surface area contributed by atoms with Crippen molar-refractivity contribution in [2.75, 3.05) is 34.3 Å². The van der Waals surface area contributed by atoms with Crippen molar-refractivity contribution in [2.24, 2.45) is 29.6 Å². The highest BCUT2D eigenvalue weighted by Crippen LogP contribution is 2.34. The zero-order valence-electron chi connectivity index (χ0n) is 43.1. The first-order chi connectivity index (χ1) is 31.0. The molecule has 14 nitrogen and oxygen atoms in total. The van der Waals surface area contributed by atoms with Gasteiger partial charge < -0.3 is 37.9 Å². The summed E-state index contributed by atoms with van der Waals surface area (Å²) in [6, 6.07) is 7.96. The summed E-state index contributed by atoms with van der Waals surface area (Å²) in [6.07, 6.45) is 6.70. The third-order valence-corrected chi connectivity index (χ3v) is 12.5. The molecule has 2 aliphatic heterocycles. The number of nitrogens with zero attached hydrogens (tertiary/aromatic N) is 2. The summed E-state index contributed by atoms with van der Waals surface area (Å²) in [5.74, 6) is 1.22. The quantitative estimate of drug-likeness (QED) is 0.0696. The van der Waals surface area contributed by atoms with E-state index in [0.717, 1.165) is 57.8 Å². The molecule has 2 amide bonds. The normalized spacial score (nSPS) is 25.6. The number of para-hydroxylation sites is 1. The first-order valence-corrected chi connectivity index (χ1v) is 24.7. The van der Waals surface area contributed by atoms with E-state index < -0.39 is 65.7 Å². The molecule has 0 radical (unpaired) electrons. The van der Waals surface area contributed by atoms with Crippen LogP contribution in [0.3, 0.4) is 0 Å². The lowest BCUT2D eigenvalue weighted by Crippen LogP contribution is -2.49. The summed E-state index contributed by atoms with van der Waals surface area (Å²) in [5.41, 5.74) is -1.48. The fourth-order valence-electron chi connectivity index (χ4n) is 9.02. The number of hydrogen-bond acceptors (Lipinski definition) is 12. The molecule has 14 heteroatoms. The van der Waals surface area contributed by atoms with E-state index in [4.69, 9.17) is 37.9 Å². The maximum Gasteiger partial charge on any atom is 0.412 e. The van der Waals surface area contributed by atoms with E-state index >= 15 is 0 Å². The van der Waals surface area contributed by atoms with Gasteiger partial charge in [0.1, 0.15) is 60.8 Å². The fourth-order valence-corrected chi connectivity index (χ4v) is 9.02. The predicted octanol–water partition coefficient (Wildman–Crippen LogP) is 11.0. The molecule has 0 N–H and O–H groups in total. The maximum absolute atomic E-state index is 13.8. The maximum atomic E-state index is 13.8. The number of carbonyl (C=O) groups excluding carboxylic acids is 4. The minimum atomic E-state index is -0.860. The summed E-state index contributed by atoms with van der Waals surface area (Å²) in [6.45, 7) is 23.9. The molecule has 3 rings (SSSR count). The molecule has 0 aliphatic carbocycles. The fraction of sp³-hybridized carbons (Fsp3) is 0.808. The second-order valence-corrected chi connectivity index (χ2v) is 21.5. The Balaban J connectivity index is 1.70. The number of ether oxygens (including phenoxy) is 8. The number of methoxy groups -OCH3 is 2. The van der Waals surface area contributed by atoms with Crippen LogP contribution in [-0.4, -0.2) is 116 Å². The summed E-state index contributed by atoms with van der Waals surface area (Å²) in [4.78, 5) is 56.9. The predicted molar refractivity (Wildman–Crippen MR) is 255 cm³/mol. The van der Waals surface area contributed by atoms with E-state index in [0.29, 0.717) is 43.5 Å². The topological polar surface area (TPSA) is 149 Å². The average molecular weight is 933 g/mol. The molecule has 2 saturated heterocycles. The highest BCUT2D eigenvalue weighted by atomic mass is 16.6. The van der Waals surface area contributed by atoms with Crippen LogP contribution in [-0.2, 0) is 42.7 Å². The molecule has 1 aromatic carbocycles. The molecule has 66 heavy (non-hydrogen) atoms. The minimum Gasteiger partial charge on any atom is -0.486 e. The number of amides is 2. The molecule has 1 aromatic rings. The molecule has 2 heterocycles. The number of benzene rings is 1. The Bertz CT molecular complexity index is 1600. The van der Waals surface area contributed by atoms with Gasteiger partial charge in [-0.3, -0.25) is 9.80 Å². The first-order valence-electron chi connectivity index (χ1n) is 24.7. The van der Waals surface area contributed by atoms with Gasteiger partial charge in [0.2, 0.25) is 0 Å². The van der Waals surface area contributed by atoms with Crippen LogP contribution in [0.4, 0.5) is 9.59 Å². The van der Waals surface area contributed by atoms with Gasteiger partial charge in [0.15, 0.2) is 0 Å². The summed E-state index contributed by atoms with van der Waals surface area (Å²) in [5, 5.41) is 0. The largest absolute Gasteiger partial charge is 0.486 e. The molecule has 0 spiro atoms. The van der Waals surface area contributed by atoms with Crippen LogP contribution in [0.2, 0.25) is 0 Å².